The molecule has 3 atom stereocenters. The molecule has 0 saturated carbocycles. The van der Waals surface area contributed by atoms with Gasteiger partial charge in [-0.3, -0.25) is 9.00 Å². The van der Waals surface area contributed by atoms with Crippen molar-refractivity contribution in [2.45, 2.75) is 55.9 Å². The van der Waals surface area contributed by atoms with Gasteiger partial charge in [-0.05, 0) is 44.0 Å². The summed E-state index contributed by atoms with van der Waals surface area (Å²) < 4.78 is 17.5. The van der Waals surface area contributed by atoms with E-state index in [0.717, 1.165) is 24.3 Å². The third-order valence-electron chi connectivity index (χ3n) is 3.66. The molecule has 0 bridgehead atoms. The topological polar surface area (TPSA) is 55.4 Å². The average molecular weight is 309 g/mol. The number of amides is 1. The fourth-order valence-corrected chi connectivity index (χ4v) is 3.34. The summed E-state index contributed by atoms with van der Waals surface area (Å²) in [6.45, 7) is 6.58. The molecule has 0 aromatic heterocycles. The molecular weight excluding hydrogens is 286 g/mol. The van der Waals surface area contributed by atoms with Crippen LogP contribution in [0.15, 0.2) is 29.2 Å². The van der Waals surface area contributed by atoms with Gasteiger partial charge in [-0.1, -0.05) is 13.8 Å². The molecule has 1 heterocycles. The van der Waals surface area contributed by atoms with Crippen LogP contribution in [0.4, 0.5) is 0 Å². The minimum atomic E-state index is -1.02. The molecule has 1 aliphatic heterocycles. The normalized spacial score (nSPS) is 21.2. The molecule has 116 valence electrons. The summed E-state index contributed by atoms with van der Waals surface area (Å²) in [6, 6.07) is 6.99. The van der Waals surface area contributed by atoms with Gasteiger partial charge in [0, 0.05) is 22.3 Å². The number of benzene rings is 1. The highest BCUT2D eigenvalue weighted by Gasteiger charge is 2.24. The molecule has 0 spiro atoms. The maximum Gasteiger partial charge on any atom is 0.251 e. The summed E-state index contributed by atoms with van der Waals surface area (Å²) in [6.07, 6.45) is 2.16. The van der Waals surface area contributed by atoms with Crippen LogP contribution in [0.25, 0.3) is 0 Å². The Bertz CT molecular complexity index is 507. The number of nitrogens with one attached hydrogen (secondary N) is 1. The number of hydrogen-bond acceptors (Lipinski definition) is 3. The Labute approximate surface area is 128 Å². The molecule has 2 rings (SSSR count). The van der Waals surface area contributed by atoms with Gasteiger partial charge in [-0.15, -0.1) is 0 Å². The molecular formula is C16H23NO3S. The fourth-order valence-electron chi connectivity index (χ4n) is 2.39. The van der Waals surface area contributed by atoms with E-state index in [2.05, 4.69) is 5.32 Å². The van der Waals surface area contributed by atoms with E-state index in [4.69, 9.17) is 4.74 Å². The average Bonchev–Trinajstić information content (AvgIpc) is 3.00. The van der Waals surface area contributed by atoms with E-state index in [1.807, 2.05) is 20.8 Å². The van der Waals surface area contributed by atoms with Crippen molar-refractivity contribution in [2.24, 2.45) is 0 Å². The van der Waals surface area contributed by atoms with Crippen LogP contribution >= 0.6 is 0 Å². The largest absolute Gasteiger partial charge is 0.376 e. The standard InChI is InChI=1S/C16H23NO3S/c1-11(2)21(19)14-8-6-13(7-9-14)16(18)17-12(3)15-5-4-10-20-15/h6-9,11-12,15H,4-5,10H2,1-3H3,(H,17,18)/t12-,15-,21-/m0/s1. The molecule has 1 aromatic rings. The van der Waals surface area contributed by atoms with Crippen LogP contribution in [0, 0.1) is 0 Å². The molecule has 1 amide bonds. The van der Waals surface area contributed by atoms with Crippen molar-refractivity contribution in [2.75, 3.05) is 6.61 Å². The van der Waals surface area contributed by atoms with Crippen molar-refractivity contribution >= 4 is 16.7 Å². The highest BCUT2D eigenvalue weighted by Crippen LogP contribution is 2.16. The Morgan fingerprint density at radius 2 is 1.95 bits per heavy atom. The van der Waals surface area contributed by atoms with Crippen LogP contribution in [0.3, 0.4) is 0 Å². The fraction of sp³-hybridized carbons (Fsp3) is 0.562. The van der Waals surface area contributed by atoms with E-state index in [9.17, 15) is 9.00 Å². The lowest BCUT2D eigenvalue weighted by Crippen LogP contribution is -2.40. The van der Waals surface area contributed by atoms with Gasteiger partial charge in [0.2, 0.25) is 0 Å². The Kier molecular flexibility index (Phi) is 5.53. The SMILES string of the molecule is CC(C)[S@](=O)c1ccc(C(=O)N[C@@H](C)[C@@H]2CCCO2)cc1. The van der Waals surface area contributed by atoms with Crippen LogP contribution in [-0.4, -0.2) is 34.1 Å². The summed E-state index contributed by atoms with van der Waals surface area (Å²) in [5, 5.41) is 3.04. The van der Waals surface area contributed by atoms with Gasteiger partial charge in [0.05, 0.1) is 22.9 Å². The zero-order chi connectivity index (χ0) is 15.4. The highest BCUT2D eigenvalue weighted by atomic mass is 32.2. The van der Waals surface area contributed by atoms with Gasteiger partial charge in [-0.25, -0.2) is 0 Å². The maximum atomic E-state index is 12.2. The lowest BCUT2D eigenvalue weighted by Gasteiger charge is -2.20. The Morgan fingerprint density at radius 3 is 2.48 bits per heavy atom. The molecule has 4 nitrogen and oxygen atoms in total. The van der Waals surface area contributed by atoms with E-state index in [1.165, 1.54) is 0 Å². The summed E-state index contributed by atoms with van der Waals surface area (Å²) in [7, 11) is -1.02. The summed E-state index contributed by atoms with van der Waals surface area (Å²) in [5.74, 6) is -0.111. The van der Waals surface area contributed by atoms with Crippen LogP contribution in [0.5, 0.6) is 0 Å². The second-order valence-corrected chi connectivity index (χ2v) is 7.69. The molecule has 0 radical (unpaired) electrons. The first-order valence-corrected chi connectivity index (χ1v) is 8.63. The summed E-state index contributed by atoms with van der Waals surface area (Å²) in [5.41, 5.74) is 0.587. The molecule has 21 heavy (non-hydrogen) atoms. The van der Waals surface area contributed by atoms with Gasteiger partial charge in [0.15, 0.2) is 0 Å². The maximum absolute atomic E-state index is 12.2. The number of carbonyl (C=O) groups is 1. The first kappa shape index (κ1) is 16.2. The van der Waals surface area contributed by atoms with Crippen molar-refractivity contribution in [3.8, 4) is 0 Å². The van der Waals surface area contributed by atoms with Crippen molar-refractivity contribution in [1.82, 2.24) is 5.32 Å². The number of rotatable bonds is 5. The van der Waals surface area contributed by atoms with Gasteiger partial charge in [0.1, 0.15) is 0 Å². The van der Waals surface area contributed by atoms with Crippen LogP contribution in [-0.2, 0) is 15.5 Å². The molecule has 1 aromatic carbocycles. The zero-order valence-electron chi connectivity index (χ0n) is 12.8. The van der Waals surface area contributed by atoms with E-state index >= 15 is 0 Å². The van der Waals surface area contributed by atoms with Gasteiger partial charge >= 0.3 is 0 Å². The molecule has 0 aliphatic carbocycles. The van der Waals surface area contributed by atoms with Crippen LogP contribution in [0.1, 0.15) is 44.0 Å². The minimum Gasteiger partial charge on any atom is -0.376 e. The third-order valence-corrected chi connectivity index (χ3v) is 5.25. The smallest absolute Gasteiger partial charge is 0.251 e. The molecule has 1 saturated heterocycles. The van der Waals surface area contributed by atoms with Crippen molar-refractivity contribution in [1.29, 1.82) is 0 Å². The van der Waals surface area contributed by atoms with E-state index < -0.39 is 10.8 Å². The third kappa shape index (κ3) is 4.14. The Balaban J connectivity index is 1.97. The van der Waals surface area contributed by atoms with Gasteiger partial charge < -0.3 is 10.1 Å². The lowest BCUT2D eigenvalue weighted by molar-refractivity contribution is 0.0712. The van der Waals surface area contributed by atoms with Gasteiger partial charge in [-0.2, -0.15) is 0 Å². The molecule has 0 unspecified atom stereocenters. The second-order valence-electron chi connectivity index (χ2n) is 5.68. The van der Waals surface area contributed by atoms with E-state index in [-0.39, 0.29) is 23.3 Å². The lowest BCUT2D eigenvalue weighted by atomic mass is 10.1. The highest BCUT2D eigenvalue weighted by molar-refractivity contribution is 7.85. The number of carbonyl (C=O) groups excluding carboxylic acids is 1. The monoisotopic (exact) mass is 309 g/mol. The number of ether oxygens (including phenoxy) is 1. The first-order chi connectivity index (χ1) is 9.99. The molecule has 1 N–H and O–H groups in total. The molecule has 1 aliphatic rings. The van der Waals surface area contributed by atoms with Gasteiger partial charge in [0.25, 0.3) is 5.91 Å². The quantitative estimate of drug-likeness (QED) is 0.909. The van der Waals surface area contributed by atoms with Crippen molar-refractivity contribution in [3.63, 3.8) is 0 Å². The van der Waals surface area contributed by atoms with Crippen molar-refractivity contribution < 1.29 is 13.7 Å². The summed E-state index contributed by atoms with van der Waals surface area (Å²) in [4.78, 5) is 12.9. The predicted octanol–water partition coefficient (Wildman–Crippen LogP) is 2.50. The second kappa shape index (κ2) is 7.18. The van der Waals surface area contributed by atoms with E-state index in [1.54, 1.807) is 24.3 Å². The Morgan fingerprint density at radius 1 is 1.29 bits per heavy atom. The molecule has 5 heteroatoms. The summed E-state index contributed by atoms with van der Waals surface area (Å²) >= 11 is 0. The zero-order valence-corrected chi connectivity index (χ0v) is 13.6. The molecule has 1 fully saturated rings. The van der Waals surface area contributed by atoms with Crippen LogP contribution in [0.2, 0.25) is 0 Å². The predicted molar refractivity (Wildman–Crippen MR) is 83.9 cm³/mol. The number of hydrogen-bond donors (Lipinski definition) is 1. The Hall–Kier alpha value is -1.20. The minimum absolute atomic E-state index is 0.00414. The van der Waals surface area contributed by atoms with Crippen molar-refractivity contribution in [3.05, 3.63) is 29.8 Å². The van der Waals surface area contributed by atoms with Crippen LogP contribution < -0.4 is 5.32 Å². The van der Waals surface area contributed by atoms with E-state index in [0.29, 0.717) is 5.56 Å². The first-order valence-electron chi connectivity index (χ1n) is 7.42.